The van der Waals surface area contributed by atoms with Crippen LogP contribution in [0.1, 0.15) is 10.5 Å². The summed E-state index contributed by atoms with van der Waals surface area (Å²) in [7, 11) is -8.98. The minimum absolute atomic E-state index is 0.147. The van der Waals surface area contributed by atoms with Gasteiger partial charge in [0.25, 0.3) is 20.0 Å². The first kappa shape index (κ1) is 24.9. The molecule has 0 atom stereocenters. The molecule has 0 aliphatic heterocycles. The Balaban J connectivity index is 2.14. The highest BCUT2D eigenvalue weighted by Crippen LogP contribution is 2.26. The number of rotatable bonds is 9. The second-order valence-electron chi connectivity index (χ2n) is 5.70. The van der Waals surface area contributed by atoms with E-state index in [1.807, 2.05) is 9.44 Å². The third kappa shape index (κ3) is 6.33. The van der Waals surface area contributed by atoms with Gasteiger partial charge in [0, 0.05) is 6.54 Å². The van der Waals surface area contributed by atoms with E-state index < -0.39 is 53.3 Å². The van der Waals surface area contributed by atoms with Gasteiger partial charge in [0.2, 0.25) is 0 Å². The molecule has 0 radical (unpaired) electrons. The lowest BCUT2D eigenvalue weighted by Gasteiger charge is -2.10. The molecule has 0 unspecified atom stereocenters. The first-order valence-corrected chi connectivity index (χ1v) is 12.0. The zero-order chi connectivity index (χ0) is 24.1. The highest BCUT2D eigenvalue weighted by atomic mass is 32.2. The Hall–Kier alpha value is -3.35. The van der Waals surface area contributed by atoms with Crippen LogP contribution in [0, 0.1) is 5.82 Å². The lowest BCUT2D eigenvalue weighted by atomic mass is 10.3. The molecule has 0 aliphatic carbocycles. The average Bonchev–Trinajstić information content (AvgIpc) is 3.14. The summed E-state index contributed by atoms with van der Waals surface area (Å²) in [6.07, 6.45) is 0. The van der Waals surface area contributed by atoms with Gasteiger partial charge in [0.05, 0.1) is 22.6 Å². The fourth-order valence-corrected chi connectivity index (χ4v) is 4.76. The zero-order valence-corrected chi connectivity index (χ0v) is 18.2. The maximum Gasteiger partial charge on any atom is 0.357 e. The second kappa shape index (κ2) is 9.85. The van der Waals surface area contributed by atoms with E-state index in [0.29, 0.717) is 17.4 Å². The van der Waals surface area contributed by atoms with Crippen molar-refractivity contribution < 1.29 is 35.9 Å². The molecule has 1 aromatic heterocycles. The van der Waals surface area contributed by atoms with Gasteiger partial charge in [-0.15, -0.1) is 11.3 Å². The molecule has 0 aliphatic rings. The van der Waals surface area contributed by atoms with Crippen LogP contribution in [-0.2, 0) is 20.0 Å². The fourth-order valence-electron chi connectivity index (χ4n) is 2.02. The van der Waals surface area contributed by atoms with Crippen LogP contribution in [0.4, 0.5) is 19.9 Å². The standard InChI is InChI=1S/C14H16FN7O7S3/c15-8-5-7(31(26,27)22-11-10(12(23)24)19-6-30-11)1-2-9(8)21-14(25)32(28,29)20-4-3-18-13(16)17/h1-2,5-6,20,22H,3-4H2,(H,21,25)(H,23,24)(H4,16,17,18). The van der Waals surface area contributed by atoms with Gasteiger partial charge in [-0.05, 0) is 18.2 Å². The minimum atomic E-state index is -4.57. The smallest absolute Gasteiger partial charge is 0.357 e. The first-order chi connectivity index (χ1) is 14.8. The minimum Gasteiger partial charge on any atom is -0.476 e. The summed E-state index contributed by atoms with van der Waals surface area (Å²) in [4.78, 5) is 29.3. The number of hydrogen-bond acceptors (Lipinski definition) is 9. The van der Waals surface area contributed by atoms with Gasteiger partial charge in [0.1, 0.15) is 10.8 Å². The number of amides is 1. The van der Waals surface area contributed by atoms with Crippen molar-refractivity contribution in [3.8, 4) is 0 Å². The number of aromatic nitrogens is 1. The predicted molar refractivity (Wildman–Crippen MR) is 113 cm³/mol. The van der Waals surface area contributed by atoms with E-state index >= 15 is 0 Å². The lowest BCUT2D eigenvalue weighted by Crippen LogP contribution is -2.36. The molecule has 2 rings (SSSR count). The Morgan fingerprint density at radius 3 is 2.50 bits per heavy atom. The number of hydrogen-bond donors (Lipinski definition) is 6. The number of nitrogens with zero attached hydrogens (tertiary/aromatic N) is 2. The molecular weight excluding hydrogens is 493 g/mol. The number of benzene rings is 1. The number of halogens is 1. The van der Waals surface area contributed by atoms with Crippen LogP contribution in [-0.4, -0.2) is 57.2 Å². The van der Waals surface area contributed by atoms with Crippen LogP contribution >= 0.6 is 11.3 Å². The highest BCUT2D eigenvalue weighted by Gasteiger charge is 2.25. The van der Waals surface area contributed by atoms with Crippen LogP contribution in [0.25, 0.3) is 0 Å². The Labute approximate surface area is 184 Å². The Morgan fingerprint density at radius 1 is 1.22 bits per heavy atom. The third-order valence-corrected chi connectivity index (χ3v) is 6.82. The number of sulfonamides is 2. The van der Waals surface area contributed by atoms with Gasteiger partial charge in [-0.25, -0.2) is 35.7 Å². The molecule has 0 bridgehead atoms. The monoisotopic (exact) mass is 509 g/mol. The summed E-state index contributed by atoms with van der Waals surface area (Å²) < 4.78 is 66.7. The molecule has 1 heterocycles. The van der Waals surface area contributed by atoms with E-state index in [-0.39, 0.29) is 24.1 Å². The quantitative estimate of drug-likeness (QED) is 0.144. The maximum absolute atomic E-state index is 14.3. The van der Waals surface area contributed by atoms with Crippen LogP contribution in [0.3, 0.4) is 0 Å². The zero-order valence-electron chi connectivity index (χ0n) is 15.8. The molecule has 174 valence electrons. The van der Waals surface area contributed by atoms with E-state index in [4.69, 9.17) is 16.6 Å². The predicted octanol–water partition coefficient (Wildman–Crippen LogP) is -0.494. The van der Waals surface area contributed by atoms with Crippen molar-refractivity contribution in [2.45, 2.75) is 4.90 Å². The third-order valence-electron chi connectivity index (χ3n) is 3.43. The summed E-state index contributed by atoms with van der Waals surface area (Å²) in [6.45, 7) is -0.457. The number of carboxylic acids is 1. The van der Waals surface area contributed by atoms with E-state index in [0.717, 1.165) is 17.6 Å². The molecule has 0 fully saturated rings. The number of carbonyl (C=O) groups is 2. The van der Waals surface area contributed by atoms with Crippen LogP contribution in [0.15, 0.2) is 33.6 Å². The van der Waals surface area contributed by atoms with Crippen LogP contribution in [0.2, 0.25) is 0 Å². The molecule has 18 heteroatoms. The molecule has 8 N–H and O–H groups in total. The number of guanidine groups is 1. The number of aliphatic imine (C=N–C) groups is 1. The van der Waals surface area contributed by atoms with Gasteiger partial charge < -0.3 is 21.9 Å². The largest absolute Gasteiger partial charge is 0.476 e. The van der Waals surface area contributed by atoms with Gasteiger partial charge >= 0.3 is 11.2 Å². The number of carbonyl (C=O) groups excluding carboxylic acids is 1. The van der Waals surface area contributed by atoms with Crippen molar-refractivity contribution in [2.75, 3.05) is 23.1 Å². The van der Waals surface area contributed by atoms with Gasteiger partial charge in [-0.1, -0.05) is 0 Å². The number of anilines is 2. The van der Waals surface area contributed by atoms with E-state index in [2.05, 4.69) is 9.98 Å². The SMILES string of the molecule is NC(N)=NCCNS(=O)(=O)C(=O)Nc1ccc(S(=O)(=O)Nc2scnc2C(=O)O)cc1F. The first-order valence-electron chi connectivity index (χ1n) is 8.18. The number of aromatic carboxylic acids is 1. The van der Waals surface area contributed by atoms with Crippen molar-refractivity contribution in [1.29, 1.82) is 0 Å². The Morgan fingerprint density at radius 2 is 1.91 bits per heavy atom. The van der Waals surface area contributed by atoms with Crippen molar-refractivity contribution >= 4 is 59.2 Å². The summed E-state index contributed by atoms with van der Waals surface area (Å²) in [5.74, 6) is -3.02. The van der Waals surface area contributed by atoms with Crippen LogP contribution < -0.4 is 26.2 Å². The molecule has 0 spiro atoms. The summed E-state index contributed by atoms with van der Waals surface area (Å²) in [5.41, 5.74) is 10.1. The molecule has 32 heavy (non-hydrogen) atoms. The fraction of sp³-hybridized carbons (Fsp3) is 0.143. The van der Waals surface area contributed by atoms with E-state index in [1.165, 1.54) is 0 Å². The molecular formula is C14H16FN7O7S3. The summed E-state index contributed by atoms with van der Waals surface area (Å²) >= 11 is 0.699. The molecule has 0 saturated carbocycles. The summed E-state index contributed by atoms with van der Waals surface area (Å²) in [5, 5.41) is 8.88. The Bertz CT molecular complexity index is 1270. The van der Waals surface area contributed by atoms with Crippen molar-refractivity contribution in [3.63, 3.8) is 0 Å². The Kier molecular flexibility index (Phi) is 7.67. The van der Waals surface area contributed by atoms with Crippen LogP contribution in [0.5, 0.6) is 0 Å². The average molecular weight is 510 g/mol. The number of nitrogens with one attached hydrogen (secondary N) is 3. The van der Waals surface area contributed by atoms with Gasteiger partial charge in [-0.2, -0.15) is 0 Å². The van der Waals surface area contributed by atoms with Gasteiger partial charge in [-0.3, -0.25) is 14.5 Å². The molecule has 2 aromatic rings. The van der Waals surface area contributed by atoms with Crippen molar-refractivity contribution in [3.05, 3.63) is 35.2 Å². The molecule has 1 amide bonds. The highest BCUT2D eigenvalue weighted by molar-refractivity contribution is 8.04. The molecule has 0 saturated heterocycles. The number of thiazole rings is 1. The van der Waals surface area contributed by atoms with Crippen molar-refractivity contribution in [1.82, 2.24) is 9.71 Å². The van der Waals surface area contributed by atoms with Crippen molar-refractivity contribution in [2.24, 2.45) is 16.5 Å². The number of nitrogens with two attached hydrogens (primary N) is 2. The lowest BCUT2D eigenvalue weighted by molar-refractivity contribution is 0.0692. The van der Waals surface area contributed by atoms with E-state index in [1.54, 1.807) is 5.32 Å². The topological polar surface area (TPSA) is 236 Å². The summed E-state index contributed by atoms with van der Waals surface area (Å²) in [6, 6.07) is 2.21. The van der Waals surface area contributed by atoms with E-state index in [9.17, 15) is 30.8 Å². The number of carboxylic acid groups (broad SMARTS) is 1. The van der Waals surface area contributed by atoms with Gasteiger partial charge in [0.15, 0.2) is 11.7 Å². The maximum atomic E-state index is 14.3. The second-order valence-corrected chi connectivity index (χ2v) is 9.90. The molecule has 14 nitrogen and oxygen atoms in total. The normalized spacial score (nSPS) is 11.5. The molecule has 1 aromatic carbocycles.